The standard InChI is InChI=1S/C13H30NO7P2/c1-7-8-9-11-14(2)12-10-13(15,22(16,18-3)19-4)23(17,20-5)21-6/h7-12H2,1-6H3/q-1/p+1. The molecule has 1 unspecified atom stereocenters. The summed E-state index contributed by atoms with van der Waals surface area (Å²) in [6, 6.07) is 0. The summed E-state index contributed by atoms with van der Waals surface area (Å²) in [6.45, 7) is 3.32. The first-order valence-electron chi connectivity index (χ1n) is 7.65. The van der Waals surface area contributed by atoms with E-state index in [2.05, 4.69) is 6.92 Å². The number of hydrogen-bond donors (Lipinski definition) is 1. The van der Waals surface area contributed by atoms with Crippen molar-refractivity contribution in [2.24, 2.45) is 0 Å². The Morgan fingerprint density at radius 2 is 1.35 bits per heavy atom. The second-order valence-electron chi connectivity index (χ2n) is 5.38. The van der Waals surface area contributed by atoms with Gasteiger partial charge in [0.1, 0.15) is 5.08 Å². The molecular weight excluding hydrogens is 344 g/mol. The van der Waals surface area contributed by atoms with Crippen molar-refractivity contribution in [1.82, 2.24) is 0 Å². The van der Waals surface area contributed by atoms with E-state index in [4.69, 9.17) is 18.1 Å². The van der Waals surface area contributed by atoms with Crippen LogP contribution in [0.25, 0.3) is 0 Å². The minimum absolute atomic E-state index is 0.219. The molecule has 0 rings (SSSR count). The molecule has 10 heteroatoms. The third-order valence-electron chi connectivity index (χ3n) is 3.90. The van der Waals surface area contributed by atoms with Crippen molar-refractivity contribution in [2.45, 2.75) is 37.7 Å². The predicted octanol–water partition coefficient (Wildman–Crippen LogP) is 1.07. The Morgan fingerprint density at radius 3 is 1.70 bits per heavy atom. The van der Waals surface area contributed by atoms with E-state index in [1.807, 2.05) is 7.05 Å². The van der Waals surface area contributed by atoms with Gasteiger partial charge in [-0.25, -0.2) is 0 Å². The number of unbranched alkanes of at least 4 members (excludes halogenated alkanes) is 2. The fraction of sp³-hybridized carbons (Fsp3) is 1.00. The zero-order valence-electron chi connectivity index (χ0n) is 15.0. The van der Waals surface area contributed by atoms with Crippen LogP contribution in [-0.2, 0) is 27.2 Å². The molecule has 0 aromatic rings. The van der Waals surface area contributed by atoms with E-state index in [0.717, 1.165) is 59.1 Å². The molecule has 0 aliphatic carbocycles. The van der Waals surface area contributed by atoms with Crippen molar-refractivity contribution >= 4 is 15.2 Å². The summed E-state index contributed by atoms with van der Waals surface area (Å²) < 4.78 is 44.7. The molecular formula is C13H31NO7P2. The summed E-state index contributed by atoms with van der Waals surface area (Å²) in [4.78, 5) is 1.07. The van der Waals surface area contributed by atoms with Crippen molar-refractivity contribution < 1.29 is 37.2 Å². The van der Waals surface area contributed by atoms with E-state index in [9.17, 15) is 14.2 Å². The molecule has 0 heterocycles. The van der Waals surface area contributed by atoms with Gasteiger partial charge in [-0.3, -0.25) is 9.13 Å². The summed E-state index contributed by atoms with van der Waals surface area (Å²) in [7, 11) is -2.18. The number of quaternary nitrogens is 1. The Labute approximate surface area is 139 Å². The molecule has 23 heavy (non-hydrogen) atoms. The van der Waals surface area contributed by atoms with Crippen LogP contribution in [0.4, 0.5) is 0 Å². The molecule has 1 atom stereocenters. The van der Waals surface area contributed by atoms with Crippen LogP contribution in [0.3, 0.4) is 0 Å². The molecule has 0 aromatic heterocycles. The monoisotopic (exact) mass is 375 g/mol. The fourth-order valence-electron chi connectivity index (χ4n) is 2.32. The van der Waals surface area contributed by atoms with Crippen LogP contribution in [0.1, 0.15) is 32.6 Å². The van der Waals surface area contributed by atoms with Crippen molar-refractivity contribution in [3.63, 3.8) is 0 Å². The lowest BCUT2D eigenvalue weighted by Crippen LogP contribution is -3.09. The lowest BCUT2D eigenvalue weighted by molar-refractivity contribution is -0.881. The maximum atomic E-state index is 13.3. The zero-order chi connectivity index (χ0) is 18.1. The Morgan fingerprint density at radius 1 is 0.913 bits per heavy atom. The van der Waals surface area contributed by atoms with E-state index in [-0.39, 0.29) is 6.42 Å². The minimum Gasteiger partial charge on any atom is -0.831 e. The van der Waals surface area contributed by atoms with Crippen molar-refractivity contribution in [1.29, 1.82) is 0 Å². The highest BCUT2D eigenvalue weighted by molar-refractivity contribution is 7.73. The maximum absolute atomic E-state index is 13.3. The van der Waals surface area contributed by atoms with Crippen LogP contribution in [0, 0.1) is 0 Å². The van der Waals surface area contributed by atoms with Gasteiger partial charge in [-0.05, 0) is 12.8 Å². The Kier molecular flexibility index (Phi) is 10.4. The first-order chi connectivity index (χ1) is 10.7. The van der Waals surface area contributed by atoms with Crippen LogP contribution in [0.2, 0.25) is 0 Å². The maximum Gasteiger partial charge on any atom is 0.332 e. The highest BCUT2D eigenvalue weighted by Crippen LogP contribution is 2.75. The smallest absolute Gasteiger partial charge is 0.332 e. The second kappa shape index (κ2) is 10.3. The molecule has 0 radical (unpaired) electrons. The average molecular weight is 375 g/mol. The van der Waals surface area contributed by atoms with Gasteiger partial charge in [-0.1, -0.05) is 13.3 Å². The first-order valence-corrected chi connectivity index (χ1v) is 10.7. The molecule has 1 N–H and O–H groups in total. The van der Waals surface area contributed by atoms with E-state index in [1.165, 1.54) is 0 Å². The summed E-state index contributed by atoms with van der Waals surface area (Å²) >= 11 is 0. The molecule has 0 fully saturated rings. The van der Waals surface area contributed by atoms with Gasteiger partial charge < -0.3 is 28.1 Å². The van der Waals surface area contributed by atoms with Crippen LogP contribution in [0.5, 0.6) is 0 Å². The SMILES string of the molecule is CCCCC[NH+](C)CCC([O-])(P(=O)(OC)OC)P(=O)(OC)OC. The Hall–Kier alpha value is 0.220. The third kappa shape index (κ3) is 5.35. The van der Waals surface area contributed by atoms with Gasteiger partial charge >= 0.3 is 15.2 Å². The Bertz CT molecular complexity index is 391. The molecule has 8 nitrogen and oxygen atoms in total. The quantitative estimate of drug-likeness (QED) is 0.380. The van der Waals surface area contributed by atoms with Crippen LogP contribution < -0.4 is 10.0 Å². The van der Waals surface area contributed by atoms with Gasteiger partial charge in [0.05, 0.1) is 20.1 Å². The number of nitrogens with one attached hydrogen (secondary N) is 1. The lowest BCUT2D eigenvalue weighted by Gasteiger charge is -2.45. The summed E-state index contributed by atoms with van der Waals surface area (Å²) in [5.74, 6) is 0. The highest BCUT2D eigenvalue weighted by atomic mass is 31.2. The van der Waals surface area contributed by atoms with Gasteiger partial charge in [0.15, 0.2) is 0 Å². The summed E-state index contributed by atoms with van der Waals surface area (Å²) in [6.07, 6.45) is 3.00. The van der Waals surface area contributed by atoms with Crippen LogP contribution in [0.15, 0.2) is 0 Å². The van der Waals surface area contributed by atoms with E-state index in [0.29, 0.717) is 6.54 Å². The van der Waals surface area contributed by atoms with Gasteiger partial charge in [0, 0.05) is 34.9 Å². The molecule has 0 aromatic carbocycles. The normalized spacial score (nSPS) is 14.9. The lowest BCUT2D eigenvalue weighted by atomic mass is 10.2. The molecule has 0 aliphatic heterocycles. The Balaban J connectivity index is 5.32. The predicted molar refractivity (Wildman–Crippen MR) is 86.7 cm³/mol. The molecule has 0 aliphatic rings. The fourth-order valence-corrected chi connectivity index (χ4v) is 6.71. The molecule has 0 amide bonds. The van der Waals surface area contributed by atoms with Crippen LogP contribution >= 0.6 is 15.2 Å². The third-order valence-corrected chi connectivity index (χ3v) is 9.45. The first kappa shape index (κ1) is 23.2. The van der Waals surface area contributed by atoms with Crippen molar-refractivity contribution in [3.05, 3.63) is 0 Å². The van der Waals surface area contributed by atoms with Gasteiger partial charge in [0.2, 0.25) is 0 Å². The highest BCUT2D eigenvalue weighted by Gasteiger charge is 2.55. The van der Waals surface area contributed by atoms with E-state index < -0.39 is 20.3 Å². The molecule has 0 spiro atoms. The van der Waals surface area contributed by atoms with Gasteiger partial charge in [-0.2, -0.15) is 0 Å². The van der Waals surface area contributed by atoms with E-state index >= 15 is 0 Å². The summed E-state index contributed by atoms with van der Waals surface area (Å²) in [5, 5.41) is 10.7. The second-order valence-corrected chi connectivity index (χ2v) is 10.6. The van der Waals surface area contributed by atoms with Crippen molar-refractivity contribution in [3.8, 4) is 0 Å². The molecule has 0 saturated heterocycles. The van der Waals surface area contributed by atoms with Crippen molar-refractivity contribution in [2.75, 3.05) is 48.6 Å². The number of hydrogen-bond acceptors (Lipinski definition) is 7. The molecule has 140 valence electrons. The molecule has 0 saturated carbocycles. The van der Waals surface area contributed by atoms with E-state index in [1.54, 1.807) is 0 Å². The summed E-state index contributed by atoms with van der Waals surface area (Å²) in [5.41, 5.74) is 0. The largest absolute Gasteiger partial charge is 0.831 e. The average Bonchev–Trinajstić information content (AvgIpc) is 2.58. The van der Waals surface area contributed by atoms with Gasteiger partial charge in [-0.15, -0.1) is 0 Å². The minimum atomic E-state index is -4.23. The van der Waals surface area contributed by atoms with Crippen LogP contribution in [-0.4, -0.2) is 53.7 Å². The van der Waals surface area contributed by atoms with Gasteiger partial charge in [0.25, 0.3) is 0 Å². The molecule has 0 bridgehead atoms. The zero-order valence-corrected chi connectivity index (χ0v) is 16.8. The number of rotatable bonds is 13. The topological polar surface area (TPSA) is 98.6 Å².